The molecule has 1 aliphatic carbocycles. The summed E-state index contributed by atoms with van der Waals surface area (Å²) in [5.74, 6) is 0.324. The van der Waals surface area contributed by atoms with E-state index < -0.39 is 10.2 Å². The number of nitrogens with zero attached hydrogens (tertiary/aromatic N) is 1. The van der Waals surface area contributed by atoms with Gasteiger partial charge in [-0.3, -0.25) is 4.79 Å². The maximum absolute atomic E-state index is 12.9. The molecule has 33 heavy (non-hydrogen) atoms. The molecule has 1 fully saturated rings. The first-order chi connectivity index (χ1) is 15.8. The van der Waals surface area contributed by atoms with E-state index in [-0.39, 0.29) is 30.5 Å². The summed E-state index contributed by atoms with van der Waals surface area (Å²) in [5, 5.41) is 12.1. The van der Waals surface area contributed by atoms with Crippen LogP contribution in [-0.2, 0) is 15.6 Å². The van der Waals surface area contributed by atoms with Gasteiger partial charge in [0, 0.05) is 31.6 Å². The Balaban J connectivity index is 1.73. The summed E-state index contributed by atoms with van der Waals surface area (Å²) in [5.41, 5.74) is 1.32. The molecule has 1 aliphatic rings. The van der Waals surface area contributed by atoms with Crippen LogP contribution in [0.5, 0.6) is 5.75 Å². The number of carbonyl (C=O) groups excluding carboxylic acids is 1. The molecule has 180 valence electrons. The number of hydrogen-bond acceptors (Lipinski definition) is 5. The summed E-state index contributed by atoms with van der Waals surface area (Å²) in [6.07, 6.45) is 2.73. The molecule has 0 atom stereocenters. The highest BCUT2D eigenvalue weighted by Crippen LogP contribution is 2.39. The lowest BCUT2D eigenvalue weighted by Gasteiger charge is -2.41. The van der Waals surface area contributed by atoms with Crippen LogP contribution in [0.1, 0.15) is 41.6 Å². The van der Waals surface area contributed by atoms with Gasteiger partial charge in [0.1, 0.15) is 5.75 Å². The number of nitrogens with one attached hydrogen (secondary N) is 2. The van der Waals surface area contributed by atoms with Crippen molar-refractivity contribution in [1.82, 2.24) is 14.3 Å². The van der Waals surface area contributed by atoms with E-state index in [1.165, 1.54) is 14.2 Å². The molecule has 1 amide bonds. The molecule has 0 unspecified atom stereocenters. The zero-order chi connectivity index (χ0) is 23.9. The molecule has 9 heteroatoms. The Morgan fingerprint density at radius 3 is 2.39 bits per heavy atom. The molecule has 2 aromatic rings. The quantitative estimate of drug-likeness (QED) is 0.488. The molecular weight excluding hydrogens is 442 g/mol. The monoisotopic (exact) mass is 475 g/mol. The summed E-state index contributed by atoms with van der Waals surface area (Å²) in [6, 6.07) is 17.0. The van der Waals surface area contributed by atoms with Gasteiger partial charge in [0.2, 0.25) is 0 Å². The lowest BCUT2D eigenvalue weighted by atomic mass is 9.68. The predicted octanol–water partition coefficient (Wildman–Crippen LogP) is 2.06. The van der Waals surface area contributed by atoms with Crippen molar-refractivity contribution in [3.63, 3.8) is 0 Å². The first-order valence-electron chi connectivity index (χ1n) is 11.1. The number of ether oxygens (including phenoxy) is 1. The van der Waals surface area contributed by atoms with Crippen molar-refractivity contribution in [2.24, 2.45) is 0 Å². The fraction of sp³-hybridized carbons (Fsp3) is 0.458. The smallest absolute Gasteiger partial charge is 0.279 e. The third-order valence-corrected chi connectivity index (χ3v) is 8.04. The Labute approximate surface area is 196 Å². The number of amides is 1. The number of benzene rings is 2. The molecule has 1 saturated carbocycles. The van der Waals surface area contributed by atoms with E-state index in [2.05, 4.69) is 22.2 Å². The highest BCUT2D eigenvalue weighted by Gasteiger charge is 2.38. The molecule has 0 spiro atoms. The first kappa shape index (κ1) is 25.2. The number of hydrogen-bond donors (Lipinski definition) is 3. The van der Waals surface area contributed by atoms with Crippen LogP contribution in [0.4, 0.5) is 0 Å². The molecule has 0 heterocycles. The van der Waals surface area contributed by atoms with E-state index in [4.69, 9.17) is 9.84 Å². The number of likely N-dealkylation sites (N-methyl/N-ethyl adjacent to an activating group) is 1. The van der Waals surface area contributed by atoms with E-state index in [1.807, 2.05) is 24.3 Å². The molecule has 0 radical (unpaired) electrons. The van der Waals surface area contributed by atoms with Crippen molar-refractivity contribution in [3.8, 4) is 5.75 Å². The molecule has 0 bridgehead atoms. The molecule has 0 saturated heterocycles. The second-order valence-electron chi connectivity index (χ2n) is 8.47. The SMILES string of the molecule is COc1ccccc1C(=O)NCC1(c2ccccc2)CCC(NS(=O)(=O)N(C)CCO)CC1. The van der Waals surface area contributed by atoms with Crippen molar-refractivity contribution >= 4 is 16.1 Å². The Kier molecular flexibility index (Phi) is 8.47. The first-order valence-corrected chi connectivity index (χ1v) is 12.6. The van der Waals surface area contributed by atoms with Gasteiger partial charge in [0.25, 0.3) is 16.1 Å². The van der Waals surface area contributed by atoms with E-state index in [0.29, 0.717) is 30.7 Å². The maximum Gasteiger partial charge on any atom is 0.279 e. The van der Waals surface area contributed by atoms with Crippen molar-refractivity contribution in [2.45, 2.75) is 37.1 Å². The van der Waals surface area contributed by atoms with Gasteiger partial charge in [0.05, 0.1) is 19.3 Å². The zero-order valence-corrected chi connectivity index (χ0v) is 20.0. The van der Waals surface area contributed by atoms with E-state index in [1.54, 1.807) is 18.2 Å². The van der Waals surface area contributed by atoms with Crippen molar-refractivity contribution in [3.05, 3.63) is 65.7 Å². The van der Waals surface area contributed by atoms with Gasteiger partial charge >= 0.3 is 0 Å². The van der Waals surface area contributed by atoms with Crippen molar-refractivity contribution in [2.75, 3.05) is 33.9 Å². The summed E-state index contributed by atoms with van der Waals surface area (Å²) >= 11 is 0. The molecule has 0 aliphatic heterocycles. The van der Waals surface area contributed by atoms with E-state index in [0.717, 1.165) is 22.7 Å². The number of methoxy groups -OCH3 is 1. The maximum atomic E-state index is 12.9. The van der Waals surface area contributed by atoms with Crippen LogP contribution in [0.15, 0.2) is 54.6 Å². The lowest BCUT2D eigenvalue weighted by Crippen LogP contribution is -2.50. The molecule has 3 N–H and O–H groups in total. The minimum absolute atomic E-state index is 0.0466. The Hall–Kier alpha value is -2.46. The van der Waals surface area contributed by atoms with Crippen molar-refractivity contribution in [1.29, 1.82) is 0 Å². The summed E-state index contributed by atoms with van der Waals surface area (Å²) < 4.78 is 34.2. The number of aliphatic hydroxyl groups is 1. The molecule has 3 rings (SSSR count). The predicted molar refractivity (Wildman–Crippen MR) is 127 cm³/mol. The number of para-hydroxylation sites is 1. The summed E-state index contributed by atoms with van der Waals surface area (Å²) in [6.45, 7) is 0.258. The number of aliphatic hydroxyl groups excluding tert-OH is 1. The summed E-state index contributed by atoms with van der Waals surface area (Å²) in [4.78, 5) is 12.9. The van der Waals surface area contributed by atoms with E-state index in [9.17, 15) is 13.2 Å². The Morgan fingerprint density at radius 1 is 1.12 bits per heavy atom. The molecule has 0 aromatic heterocycles. The molecular formula is C24H33N3O5S. The topological polar surface area (TPSA) is 108 Å². The average Bonchev–Trinajstić information content (AvgIpc) is 2.84. The Bertz CT molecular complexity index is 1020. The van der Waals surface area contributed by atoms with Gasteiger partial charge in [-0.1, -0.05) is 42.5 Å². The van der Waals surface area contributed by atoms with Crippen LogP contribution in [0.3, 0.4) is 0 Å². The fourth-order valence-corrected chi connectivity index (χ4v) is 5.54. The highest BCUT2D eigenvalue weighted by atomic mass is 32.2. The van der Waals surface area contributed by atoms with Gasteiger partial charge in [-0.15, -0.1) is 0 Å². The van der Waals surface area contributed by atoms with Crippen LogP contribution in [0.25, 0.3) is 0 Å². The normalized spacial score (nSPS) is 21.0. The van der Waals surface area contributed by atoms with Gasteiger partial charge in [-0.05, 0) is 43.4 Å². The standard InChI is InChI=1S/C24H33N3O5S/c1-27(16-17-28)33(30,31)26-20-12-14-24(15-13-20,19-8-4-3-5-9-19)18-25-23(29)21-10-6-7-11-22(21)32-2/h3-11,20,26,28H,12-18H2,1-2H3,(H,25,29). The Morgan fingerprint density at radius 2 is 1.76 bits per heavy atom. The van der Waals surface area contributed by atoms with E-state index >= 15 is 0 Å². The van der Waals surface area contributed by atoms with Crippen LogP contribution < -0.4 is 14.8 Å². The lowest BCUT2D eigenvalue weighted by molar-refractivity contribution is 0.0932. The third kappa shape index (κ3) is 6.11. The van der Waals surface area contributed by atoms with Crippen LogP contribution in [0, 0.1) is 0 Å². The van der Waals surface area contributed by atoms with Crippen LogP contribution >= 0.6 is 0 Å². The van der Waals surface area contributed by atoms with Gasteiger partial charge in [-0.2, -0.15) is 17.4 Å². The highest BCUT2D eigenvalue weighted by molar-refractivity contribution is 7.87. The zero-order valence-electron chi connectivity index (χ0n) is 19.2. The molecule has 2 aromatic carbocycles. The number of rotatable bonds is 10. The van der Waals surface area contributed by atoms with Gasteiger partial charge in [-0.25, -0.2) is 0 Å². The van der Waals surface area contributed by atoms with Crippen LogP contribution in [-0.4, -0.2) is 63.6 Å². The fourth-order valence-electron chi connectivity index (χ4n) is 4.39. The van der Waals surface area contributed by atoms with Crippen LogP contribution in [0.2, 0.25) is 0 Å². The van der Waals surface area contributed by atoms with Gasteiger partial charge < -0.3 is 15.2 Å². The number of carbonyl (C=O) groups is 1. The minimum Gasteiger partial charge on any atom is -0.496 e. The largest absolute Gasteiger partial charge is 0.496 e. The third-order valence-electron chi connectivity index (χ3n) is 6.41. The second-order valence-corrected chi connectivity index (χ2v) is 10.3. The second kappa shape index (κ2) is 11.1. The molecule has 8 nitrogen and oxygen atoms in total. The van der Waals surface area contributed by atoms with Gasteiger partial charge in [0.15, 0.2) is 0 Å². The minimum atomic E-state index is -3.65. The average molecular weight is 476 g/mol. The summed E-state index contributed by atoms with van der Waals surface area (Å²) in [7, 11) is -0.667. The van der Waals surface area contributed by atoms with Crippen molar-refractivity contribution < 1.29 is 23.1 Å².